The fourth-order valence-electron chi connectivity index (χ4n) is 4.31. The smallest absolute Gasteiger partial charge is 0.412 e. The Balaban J connectivity index is 1.62. The maximum Gasteiger partial charge on any atom is 0.412 e. The summed E-state index contributed by atoms with van der Waals surface area (Å²) in [6.07, 6.45) is 2.35. The first-order chi connectivity index (χ1) is 19.5. The molecule has 214 valence electrons. The Bertz CT molecular complexity index is 1570. The number of anilines is 2. The average Bonchev–Trinajstić information content (AvgIpc) is 2.92. The Kier molecular flexibility index (Phi) is 9.01. The third kappa shape index (κ3) is 7.69. The average molecular weight is 558 g/mol. The lowest BCUT2D eigenvalue weighted by atomic mass is 10.1. The molecule has 10 heteroatoms. The summed E-state index contributed by atoms with van der Waals surface area (Å²) < 4.78 is 11.0. The van der Waals surface area contributed by atoms with E-state index in [-0.39, 0.29) is 17.9 Å². The highest BCUT2D eigenvalue weighted by Gasteiger charge is 2.24. The lowest BCUT2D eigenvalue weighted by molar-refractivity contribution is 0.0635. The molecule has 2 aromatic carbocycles. The zero-order valence-corrected chi connectivity index (χ0v) is 23.9. The second-order valence-corrected chi connectivity index (χ2v) is 10.7. The minimum Gasteiger partial charge on any atom is -0.444 e. The van der Waals surface area contributed by atoms with E-state index in [0.717, 1.165) is 12.0 Å². The fraction of sp³-hybridized carbons (Fsp3) is 0.323. The van der Waals surface area contributed by atoms with E-state index in [1.807, 2.05) is 49.4 Å². The second kappa shape index (κ2) is 12.6. The van der Waals surface area contributed by atoms with Gasteiger partial charge in [-0.2, -0.15) is 4.98 Å². The number of amides is 3. The number of benzene rings is 2. The number of hydrogen-bond donors (Lipinski definition) is 2. The van der Waals surface area contributed by atoms with Gasteiger partial charge in [-0.1, -0.05) is 36.4 Å². The summed E-state index contributed by atoms with van der Waals surface area (Å²) in [6.45, 7) is 9.06. The molecule has 2 aromatic heterocycles. The maximum atomic E-state index is 13.5. The van der Waals surface area contributed by atoms with Gasteiger partial charge in [0, 0.05) is 18.4 Å². The van der Waals surface area contributed by atoms with Gasteiger partial charge in [0.25, 0.3) is 0 Å². The molecule has 0 aliphatic carbocycles. The molecule has 0 saturated carbocycles. The summed E-state index contributed by atoms with van der Waals surface area (Å²) in [5, 5.41) is 5.81. The maximum absolute atomic E-state index is 13.5. The van der Waals surface area contributed by atoms with Gasteiger partial charge in [-0.25, -0.2) is 19.3 Å². The summed E-state index contributed by atoms with van der Waals surface area (Å²) >= 11 is 0. The number of aryl methyl sites for hydroxylation is 2. The van der Waals surface area contributed by atoms with Gasteiger partial charge in [0.2, 0.25) is 0 Å². The van der Waals surface area contributed by atoms with Crippen molar-refractivity contribution in [2.45, 2.75) is 59.1 Å². The zero-order valence-electron chi connectivity index (χ0n) is 23.9. The Morgan fingerprint density at radius 2 is 1.78 bits per heavy atom. The molecule has 1 unspecified atom stereocenters. The monoisotopic (exact) mass is 557 g/mol. The molecule has 2 N–H and O–H groups in total. The normalized spacial score (nSPS) is 12.0. The van der Waals surface area contributed by atoms with Crippen LogP contribution in [0.25, 0.3) is 10.9 Å². The molecule has 0 saturated heterocycles. The van der Waals surface area contributed by atoms with Crippen LogP contribution >= 0.6 is 0 Å². The number of pyridine rings is 1. The number of ether oxygens (including phenoxy) is 1. The van der Waals surface area contributed by atoms with Crippen molar-refractivity contribution in [3.8, 4) is 0 Å². The van der Waals surface area contributed by atoms with E-state index in [4.69, 9.17) is 9.15 Å². The Hall–Kier alpha value is -4.73. The van der Waals surface area contributed by atoms with Crippen molar-refractivity contribution < 1.29 is 18.7 Å². The SMILES string of the molecule is Cc1c(NC(=O)OC(C)(C)C)ccc2nc(N(CCCc3ccccc3)C(=O)NC(C)c3ccccn3)oc(=O)c12. The van der Waals surface area contributed by atoms with Crippen LogP contribution in [-0.2, 0) is 11.2 Å². The number of nitrogens with zero attached hydrogens (tertiary/aromatic N) is 3. The first-order valence-electron chi connectivity index (χ1n) is 13.5. The number of carbonyl (C=O) groups is 2. The first kappa shape index (κ1) is 29.3. The summed E-state index contributed by atoms with van der Waals surface area (Å²) in [4.78, 5) is 49.2. The number of urea groups is 1. The van der Waals surface area contributed by atoms with Crippen LogP contribution in [-0.4, -0.2) is 34.2 Å². The predicted molar refractivity (Wildman–Crippen MR) is 158 cm³/mol. The van der Waals surface area contributed by atoms with Crippen LogP contribution in [0.3, 0.4) is 0 Å². The minimum absolute atomic E-state index is 0.117. The predicted octanol–water partition coefficient (Wildman–Crippen LogP) is 6.15. The van der Waals surface area contributed by atoms with Crippen LogP contribution in [0.2, 0.25) is 0 Å². The lowest BCUT2D eigenvalue weighted by Gasteiger charge is -2.23. The molecule has 4 rings (SSSR count). The van der Waals surface area contributed by atoms with Crippen LogP contribution in [0.4, 0.5) is 21.3 Å². The van der Waals surface area contributed by atoms with Gasteiger partial charge in [0.1, 0.15) is 5.60 Å². The third-order valence-corrected chi connectivity index (χ3v) is 6.32. The van der Waals surface area contributed by atoms with Gasteiger partial charge in [0.15, 0.2) is 0 Å². The van der Waals surface area contributed by atoms with Crippen molar-refractivity contribution >= 4 is 34.7 Å². The molecular weight excluding hydrogens is 522 g/mol. The second-order valence-electron chi connectivity index (χ2n) is 10.7. The number of nitrogens with one attached hydrogen (secondary N) is 2. The molecule has 4 aromatic rings. The molecule has 0 radical (unpaired) electrons. The topological polar surface area (TPSA) is 127 Å². The first-order valence-corrected chi connectivity index (χ1v) is 13.5. The number of rotatable bonds is 8. The van der Waals surface area contributed by atoms with Crippen molar-refractivity contribution in [3.63, 3.8) is 0 Å². The van der Waals surface area contributed by atoms with Crippen molar-refractivity contribution in [1.29, 1.82) is 0 Å². The van der Waals surface area contributed by atoms with E-state index < -0.39 is 29.4 Å². The molecule has 2 heterocycles. The summed E-state index contributed by atoms with van der Waals surface area (Å²) in [7, 11) is 0. The molecular formula is C31H35N5O5. The van der Waals surface area contributed by atoms with Crippen molar-refractivity contribution in [1.82, 2.24) is 15.3 Å². The highest BCUT2D eigenvalue weighted by molar-refractivity contribution is 5.94. The lowest BCUT2D eigenvalue weighted by Crippen LogP contribution is -2.42. The molecule has 0 aliphatic rings. The molecule has 0 spiro atoms. The van der Waals surface area contributed by atoms with E-state index in [9.17, 15) is 14.4 Å². The Morgan fingerprint density at radius 3 is 2.46 bits per heavy atom. The van der Waals surface area contributed by atoms with Crippen LogP contribution in [0.1, 0.15) is 57.0 Å². The summed E-state index contributed by atoms with van der Waals surface area (Å²) in [5.74, 6) is 0. The van der Waals surface area contributed by atoms with E-state index in [0.29, 0.717) is 28.9 Å². The Morgan fingerprint density at radius 1 is 1.05 bits per heavy atom. The summed E-state index contributed by atoms with van der Waals surface area (Å²) in [6, 6.07) is 17.7. The largest absolute Gasteiger partial charge is 0.444 e. The van der Waals surface area contributed by atoms with Crippen LogP contribution in [0.5, 0.6) is 0 Å². The number of hydrogen-bond acceptors (Lipinski definition) is 7. The van der Waals surface area contributed by atoms with E-state index in [1.54, 1.807) is 52.1 Å². The quantitative estimate of drug-likeness (QED) is 0.266. The highest BCUT2D eigenvalue weighted by Crippen LogP contribution is 2.25. The third-order valence-electron chi connectivity index (χ3n) is 6.32. The van der Waals surface area contributed by atoms with Crippen molar-refractivity contribution in [2.75, 3.05) is 16.8 Å². The van der Waals surface area contributed by atoms with Crippen LogP contribution < -0.4 is 21.2 Å². The van der Waals surface area contributed by atoms with Crippen molar-refractivity contribution in [2.24, 2.45) is 0 Å². The molecule has 0 bridgehead atoms. The molecule has 1 atom stereocenters. The Labute approximate surface area is 238 Å². The van der Waals surface area contributed by atoms with E-state index in [2.05, 4.69) is 20.6 Å². The highest BCUT2D eigenvalue weighted by atomic mass is 16.6. The van der Waals surface area contributed by atoms with E-state index in [1.165, 1.54) is 4.90 Å². The number of aromatic nitrogens is 2. The van der Waals surface area contributed by atoms with Gasteiger partial charge in [-0.05, 0) is 82.9 Å². The molecule has 0 aliphatic heterocycles. The van der Waals surface area contributed by atoms with Gasteiger partial charge in [-0.3, -0.25) is 10.3 Å². The number of carbonyl (C=O) groups excluding carboxylic acids is 2. The minimum atomic E-state index is -0.678. The molecule has 10 nitrogen and oxygen atoms in total. The van der Waals surface area contributed by atoms with Crippen LogP contribution in [0.15, 0.2) is 76.1 Å². The zero-order chi connectivity index (χ0) is 29.6. The van der Waals surface area contributed by atoms with Gasteiger partial charge < -0.3 is 14.5 Å². The van der Waals surface area contributed by atoms with Crippen LogP contribution in [0, 0.1) is 6.92 Å². The molecule has 0 fully saturated rings. The standard InChI is InChI=1S/C31H35N5O5/c1-20-23(35-30(39)41-31(3,4)5)16-17-25-26(20)27(37)40-29(34-25)36(19-11-14-22-12-7-6-8-13-22)28(38)33-21(2)24-15-9-10-18-32-24/h6-10,12-13,15-18,21H,11,14,19H2,1-5H3,(H,33,38)(H,35,39). The summed E-state index contributed by atoms with van der Waals surface area (Å²) in [5.41, 5.74) is 1.68. The number of fused-ring (bicyclic) bond motifs is 1. The van der Waals surface area contributed by atoms with Crippen molar-refractivity contribution in [3.05, 3.63) is 94.1 Å². The van der Waals surface area contributed by atoms with Gasteiger partial charge in [0.05, 0.1) is 22.6 Å². The van der Waals surface area contributed by atoms with Gasteiger partial charge in [-0.15, -0.1) is 0 Å². The molecule has 3 amide bonds. The van der Waals surface area contributed by atoms with Gasteiger partial charge >= 0.3 is 23.8 Å². The molecule has 41 heavy (non-hydrogen) atoms. The van der Waals surface area contributed by atoms with E-state index >= 15 is 0 Å². The fourth-order valence-corrected chi connectivity index (χ4v) is 4.31.